The summed E-state index contributed by atoms with van der Waals surface area (Å²) < 4.78 is 13.2. The number of nitrogens with zero attached hydrogens (tertiary/aromatic N) is 1. The number of ether oxygens (including phenoxy) is 1. The molecule has 0 bridgehead atoms. The largest absolute Gasteiger partial charge is 0.459 e. The molecule has 2 heterocycles. The van der Waals surface area contributed by atoms with Crippen LogP contribution in [0, 0.1) is 17.8 Å². The van der Waals surface area contributed by atoms with Gasteiger partial charge in [0.25, 0.3) is 8.32 Å². The first-order chi connectivity index (χ1) is 20.3. The third-order valence-corrected chi connectivity index (χ3v) is 15.5. The van der Waals surface area contributed by atoms with Gasteiger partial charge < -0.3 is 9.16 Å². The Morgan fingerprint density at radius 3 is 2.02 bits per heavy atom. The van der Waals surface area contributed by atoms with Crippen molar-refractivity contribution >= 4 is 30.4 Å². The van der Waals surface area contributed by atoms with Crippen molar-refractivity contribution in [2.45, 2.75) is 116 Å². The zero-order valence-electron chi connectivity index (χ0n) is 27.5. The lowest BCUT2D eigenvalue weighted by Crippen LogP contribution is -2.67. The average molecular weight is 604 g/mol. The Labute approximate surface area is 260 Å². The first kappa shape index (κ1) is 32.1. The van der Waals surface area contributed by atoms with Crippen LogP contribution < -0.4 is 10.4 Å². The van der Waals surface area contributed by atoms with Crippen LogP contribution in [0.15, 0.2) is 60.7 Å². The molecule has 5 rings (SSSR count). The van der Waals surface area contributed by atoms with Crippen molar-refractivity contribution in [3.8, 4) is 0 Å². The first-order valence-electron chi connectivity index (χ1n) is 16.6. The maximum Gasteiger partial charge on any atom is 0.318 e. The van der Waals surface area contributed by atoms with Gasteiger partial charge in [-0.15, -0.1) is 0 Å². The standard InChI is InChI=1S/C37H53NO4Si/c1-27(26-41-43(36(5,6)7,29-17-10-8-11-18-29)30-19-12-9-13-20-30)32-21-15-23-37(32)22-14-16-28-24-33(39)31(25-38(28)37)34(40)42-35(2,3)4/h8-13,17-20,27-28,31-32H,14-16,21-26H2,1-7H3/t27-,28+,31?,32+,37+/m0/s1. The monoisotopic (exact) mass is 603 g/mol. The van der Waals surface area contributed by atoms with Crippen LogP contribution in [0.5, 0.6) is 0 Å². The molecule has 1 aliphatic carbocycles. The molecule has 2 aliphatic heterocycles. The van der Waals surface area contributed by atoms with Crippen molar-refractivity contribution in [1.29, 1.82) is 0 Å². The van der Waals surface area contributed by atoms with E-state index >= 15 is 0 Å². The molecule has 1 spiro atoms. The van der Waals surface area contributed by atoms with E-state index in [0.717, 1.165) is 25.7 Å². The third-order valence-electron chi connectivity index (χ3n) is 10.5. The second kappa shape index (κ2) is 12.2. The highest BCUT2D eigenvalue weighted by Crippen LogP contribution is 2.53. The van der Waals surface area contributed by atoms with Crippen LogP contribution in [0.3, 0.4) is 0 Å². The lowest BCUT2D eigenvalue weighted by Gasteiger charge is -2.56. The molecule has 1 saturated carbocycles. The minimum absolute atomic E-state index is 0.0120. The van der Waals surface area contributed by atoms with Gasteiger partial charge in [0.2, 0.25) is 0 Å². The number of hydrogen-bond donors (Lipinski definition) is 0. The van der Waals surface area contributed by atoms with Gasteiger partial charge in [0, 0.05) is 31.2 Å². The van der Waals surface area contributed by atoms with Crippen LogP contribution in [-0.2, 0) is 18.8 Å². The molecule has 5 atom stereocenters. The summed E-state index contributed by atoms with van der Waals surface area (Å²) in [6.45, 7) is 16.2. The molecule has 6 heteroatoms. The fraction of sp³-hybridized carbons (Fsp3) is 0.622. The summed E-state index contributed by atoms with van der Waals surface area (Å²) in [6, 6.07) is 22.0. The summed E-state index contributed by atoms with van der Waals surface area (Å²) >= 11 is 0. The van der Waals surface area contributed by atoms with E-state index in [1.165, 1.54) is 23.2 Å². The summed E-state index contributed by atoms with van der Waals surface area (Å²) in [7, 11) is -2.64. The molecule has 1 unspecified atom stereocenters. The summed E-state index contributed by atoms with van der Waals surface area (Å²) in [4.78, 5) is 29.1. The second-order valence-corrected chi connectivity index (χ2v) is 19.8. The zero-order chi connectivity index (χ0) is 31.0. The molecule has 2 aromatic rings. The Bertz CT molecular complexity index is 1230. The number of benzene rings is 2. The molecule has 5 nitrogen and oxygen atoms in total. The van der Waals surface area contributed by atoms with Gasteiger partial charge in [0.05, 0.1) is 0 Å². The van der Waals surface area contributed by atoms with E-state index < -0.39 is 19.8 Å². The van der Waals surface area contributed by atoms with Crippen molar-refractivity contribution in [3.63, 3.8) is 0 Å². The number of ketones is 1. The minimum atomic E-state index is -2.64. The molecule has 2 saturated heterocycles. The van der Waals surface area contributed by atoms with Crippen LogP contribution in [0.4, 0.5) is 0 Å². The maximum absolute atomic E-state index is 13.2. The van der Waals surface area contributed by atoms with Crippen LogP contribution in [0.1, 0.15) is 93.4 Å². The number of piperidine rings is 2. The number of fused-ring (bicyclic) bond motifs is 2. The Kier molecular flexibility index (Phi) is 9.15. The summed E-state index contributed by atoms with van der Waals surface area (Å²) in [5.41, 5.74) is -0.589. The fourth-order valence-electron chi connectivity index (χ4n) is 8.80. The lowest BCUT2D eigenvalue weighted by atomic mass is 9.69. The molecule has 0 radical (unpaired) electrons. The lowest BCUT2D eigenvalue weighted by molar-refractivity contribution is -0.169. The number of hydrogen-bond acceptors (Lipinski definition) is 5. The van der Waals surface area contributed by atoms with Crippen LogP contribution >= 0.6 is 0 Å². The van der Waals surface area contributed by atoms with Crippen molar-refractivity contribution in [1.82, 2.24) is 4.90 Å². The molecule has 3 fully saturated rings. The van der Waals surface area contributed by atoms with Crippen LogP contribution in [0.2, 0.25) is 5.04 Å². The molecular formula is C37H53NO4Si. The highest BCUT2D eigenvalue weighted by atomic mass is 28.4. The smallest absolute Gasteiger partial charge is 0.318 e. The van der Waals surface area contributed by atoms with E-state index in [0.29, 0.717) is 31.4 Å². The van der Waals surface area contributed by atoms with Gasteiger partial charge in [0.15, 0.2) is 0 Å². The molecular weight excluding hydrogens is 550 g/mol. The minimum Gasteiger partial charge on any atom is -0.459 e. The molecule has 0 aromatic heterocycles. The summed E-state index contributed by atoms with van der Waals surface area (Å²) in [5, 5.41) is 2.57. The molecule has 0 amide bonds. The predicted molar refractivity (Wildman–Crippen MR) is 176 cm³/mol. The highest BCUT2D eigenvalue weighted by molar-refractivity contribution is 6.99. The van der Waals surface area contributed by atoms with E-state index in [1.807, 2.05) is 20.8 Å². The highest BCUT2D eigenvalue weighted by Gasteiger charge is 2.57. The predicted octanol–water partition coefficient (Wildman–Crippen LogP) is 6.52. The van der Waals surface area contributed by atoms with Gasteiger partial charge in [-0.1, -0.05) is 101 Å². The second-order valence-electron chi connectivity index (χ2n) is 15.5. The maximum atomic E-state index is 13.2. The SMILES string of the molecule is C[C@@H](CO[Si](c1ccccc1)(c1ccccc1)C(C)(C)C)[C@H]1CCC[C@]12CCC[C@@H]1CC(=O)C(C(=O)OC(C)(C)C)CN12. The van der Waals surface area contributed by atoms with Gasteiger partial charge in [-0.2, -0.15) is 0 Å². The molecule has 0 N–H and O–H groups in total. The molecule has 234 valence electrons. The number of Topliss-reactive ketones (excluding diaryl/α,β-unsaturated/α-hetero) is 1. The van der Waals surface area contributed by atoms with Crippen molar-refractivity contribution in [2.24, 2.45) is 17.8 Å². The van der Waals surface area contributed by atoms with E-state index in [1.54, 1.807) is 0 Å². The van der Waals surface area contributed by atoms with Crippen molar-refractivity contribution in [2.75, 3.05) is 13.2 Å². The third kappa shape index (κ3) is 6.17. The van der Waals surface area contributed by atoms with E-state index in [9.17, 15) is 9.59 Å². The van der Waals surface area contributed by atoms with Gasteiger partial charge in [-0.05, 0) is 73.7 Å². The topological polar surface area (TPSA) is 55.8 Å². The van der Waals surface area contributed by atoms with Gasteiger partial charge >= 0.3 is 5.97 Å². The molecule has 3 aliphatic rings. The number of rotatable bonds is 7. The van der Waals surface area contributed by atoms with E-state index in [-0.39, 0.29) is 28.4 Å². The fourth-order valence-corrected chi connectivity index (χ4v) is 13.5. The van der Waals surface area contributed by atoms with Crippen molar-refractivity contribution in [3.05, 3.63) is 60.7 Å². The molecule has 2 aromatic carbocycles. The zero-order valence-corrected chi connectivity index (χ0v) is 28.5. The Morgan fingerprint density at radius 1 is 0.930 bits per heavy atom. The molecule has 43 heavy (non-hydrogen) atoms. The Morgan fingerprint density at radius 2 is 1.49 bits per heavy atom. The Hall–Kier alpha value is -2.28. The quantitative estimate of drug-likeness (QED) is 0.205. The van der Waals surface area contributed by atoms with E-state index in [2.05, 4.69) is 93.3 Å². The van der Waals surface area contributed by atoms with Gasteiger partial charge in [-0.25, -0.2) is 0 Å². The first-order valence-corrected chi connectivity index (χ1v) is 18.5. The number of carbonyl (C=O) groups is 2. The summed E-state index contributed by atoms with van der Waals surface area (Å²) in [6.07, 6.45) is 7.26. The number of carbonyl (C=O) groups excluding carboxylic acids is 2. The van der Waals surface area contributed by atoms with Crippen LogP contribution in [-0.4, -0.2) is 55.3 Å². The number of esters is 1. The average Bonchev–Trinajstić information content (AvgIpc) is 3.36. The van der Waals surface area contributed by atoms with Crippen LogP contribution in [0.25, 0.3) is 0 Å². The van der Waals surface area contributed by atoms with E-state index in [4.69, 9.17) is 9.16 Å². The normalized spacial score (nSPS) is 27.6. The van der Waals surface area contributed by atoms with Gasteiger partial charge in [0.1, 0.15) is 17.3 Å². The summed E-state index contributed by atoms with van der Waals surface area (Å²) in [5.74, 6) is -0.170. The Balaban J connectivity index is 1.43. The van der Waals surface area contributed by atoms with Gasteiger partial charge in [-0.3, -0.25) is 14.5 Å². The van der Waals surface area contributed by atoms with Crippen molar-refractivity contribution < 1.29 is 18.8 Å².